The molecule has 0 heterocycles. The van der Waals surface area contributed by atoms with Crippen LogP contribution < -0.4 is 0 Å². The van der Waals surface area contributed by atoms with E-state index in [1.807, 2.05) is 0 Å². The SMILES string of the molecule is C=CCOC(=CC)S(=O)(=O)O. The number of hydrogen-bond acceptors (Lipinski definition) is 3. The van der Waals surface area contributed by atoms with E-state index in [-0.39, 0.29) is 6.61 Å². The molecule has 64 valence electrons. The highest BCUT2D eigenvalue weighted by Gasteiger charge is 2.12. The van der Waals surface area contributed by atoms with Gasteiger partial charge in [0.1, 0.15) is 6.61 Å². The summed E-state index contributed by atoms with van der Waals surface area (Å²) < 4.78 is 33.9. The van der Waals surface area contributed by atoms with Crippen LogP contribution in [0.15, 0.2) is 23.8 Å². The Hall–Kier alpha value is -0.810. The highest BCUT2D eigenvalue weighted by atomic mass is 32.2. The van der Waals surface area contributed by atoms with E-state index in [1.54, 1.807) is 0 Å². The minimum absolute atomic E-state index is 0.0550. The molecule has 0 aliphatic carbocycles. The maximum Gasteiger partial charge on any atom is 0.327 e. The molecule has 11 heavy (non-hydrogen) atoms. The predicted molar refractivity (Wildman–Crippen MR) is 41.5 cm³/mol. The molecule has 4 nitrogen and oxygen atoms in total. The van der Waals surface area contributed by atoms with Crippen LogP contribution in [0.5, 0.6) is 0 Å². The molecule has 0 fully saturated rings. The van der Waals surface area contributed by atoms with Crippen molar-refractivity contribution in [2.24, 2.45) is 0 Å². The second-order valence-corrected chi connectivity index (χ2v) is 3.03. The second-order valence-electron chi connectivity index (χ2n) is 1.68. The topological polar surface area (TPSA) is 63.6 Å². The summed E-state index contributed by atoms with van der Waals surface area (Å²) in [5.41, 5.74) is 0. The fourth-order valence-electron chi connectivity index (χ4n) is 0.448. The van der Waals surface area contributed by atoms with Gasteiger partial charge in [-0.25, -0.2) is 0 Å². The fraction of sp³-hybridized carbons (Fsp3) is 0.333. The van der Waals surface area contributed by atoms with Crippen LogP contribution in [0.25, 0.3) is 0 Å². The predicted octanol–water partition coefficient (Wildman–Crippen LogP) is 0.938. The molecule has 0 bridgehead atoms. The maximum atomic E-state index is 10.4. The first-order valence-electron chi connectivity index (χ1n) is 2.90. The Morgan fingerprint density at radius 2 is 2.27 bits per heavy atom. The average molecular weight is 178 g/mol. The van der Waals surface area contributed by atoms with E-state index in [1.165, 1.54) is 19.1 Å². The van der Waals surface area contributed by atoms with Gasteiger partial charge in [0.2, 0.25) is 5.09 Å². The highest BCUT2D eigenvalue weighted by molar-refractivity contribution is 7.89. The Morgan fingerprint density at radius 3 is 2.55 bits per heavy atom. The van der Waals surface area contributed by atoms with Gasteiger partial charge in [0.05, 0.1) is 0 Å². The Kier molecular flexibility index (Phi) is 3.84. The van der Waals surface area contributed by atoms with Crippen molar-refractivity contribution >= 4 is 10.1 Å². The van der Waals surface area contributed by atoms with Crippen LogP contribution in [-0.4, -0.2) is 19.6 Å². The summed E-state index contributed by atoms with van der Waals surface area (Å²) >= 11 is 0. The Balaban J connectivity index is 4.34. The quantitative estimate of drug-likeness (QED) is 0.395. The van der Waals surface area contributed by atoms with Gasteiger partial charge in [0, 0.05) is 0 Å². The molecule has 0 atom stereocenters. The van der Waals surface area contributed by atoms with E-state index in [0.29, 0.717) is 0 Å². The molecule has 0 saturated heterocycles. The van der Waals surface area contributed by atoms with Gasteiger partial charge in [0.15, 0.2) is 0 Å². The lowest BCUT2D eigenvalue weighted by atomic mass is 10.7. The molecule has 0 aliphatic heterocycles. The average Bonchev–Trinajstić information content (AvgIpc) is 1.87. The second kappa shape index (κ2) is 4.15. The molecule has 0 aromatic rings. The molecule has 0 radical (unpaired) electrons. The van der Waals surface area contributed by atoms with Gasteiger partial charge in [-0.1, -0.05) is 12.7 Å². The first-order chi connectivity index (χ1) is 5.02. The van der Waals surface area contributed by atoms with E-state index >= 15 is 0 Å². The molecule has 0 aromatic carbocycles. The first-order valence-corrected chi connectivity index (χ1v) is 4.34. The molecule has 0 saturated carbocycles. The van der Waals surface area contributed by atoms with E-state index < -0.39 is 15.2 Å². The molecule has 1 N–H and O–H groups in total. The van der Waals surface area contributed by atoms with Crippen LogP contribution in [0.2, 0.25) is 0 Å². The van der Waals surface area contributed by atoms with Crippen molar-refractivity contribution < 1.29 is 17.7 Å². The zero-order chi connectivity index (χ0) is 8.91. The van der Waals surface area contributed by atoms with Crippen molar-refractivity contribution in [1.29, 1.82) is 0 Å². The summed E-state index contributed by atoms with van der Waals surface area (Å²) in [6.45, 7) is 4.83. The molecule has 0 amide bonds. The van der Waals surface area contributed by atoms with Crippen molar-refractivity contribution in [3.05, 3.63) is 23.8 Å². The Bertz CT molecular complexity index is 250. The van der Waals surface area contributed by atoms with Gasteiger partial charge in [-0.3, -0.25) is 4.55 Å². The number of rotatable bonds is 4. The van der Waals surface area contributed by atoms with Crippen LogP contribution in [-0.2, 0) is 14.9 Å². The van der Waals surface area contributed by atoms with Gasteiger partial charge in [0.25, 0.3) is 0 Å². The Morgan fingerprint density at radius 1 is 1.73 bits per heavy atom. The normalized spacial score (nSPS) is 12.7. The van der Waals surface area contributed by atoms with E-state index in [9.17, 15) is 8.42 Å². The van der Waals surface area contributed by atoms with Gasteiger partial charge >= 0.3 is 10.1 Å². The lowest BCUT2D eigenvalue weighted by Gasteiger charge is -2.02. The summed E-state index contributed by atoms with van der Waals surface area (Å²) in [5.74, 6) is 0. The third kappa shape index (κ3) is 3.79. The standard InChI is InChI=1S/C6H10O4S/c1-3-5-10-6(4-2)11(7,8)9/h3-4H,1,5H2,2H3,(H,7,8,9). The summed E-state index contributed by atoms with van der Waals surface area (Å²) in [7, 11) is -4.20. The van der Waals surface area contributed by atoms with Gasteiger partial charge < -0.3 is 4.74 Å². The highest BCUT2D eigenvalue weighted by Crippen LogP contribution is 2.04. The summed E-state index contributed by atoms with van der Waals surface area (Å²) in [6.07, 6.45) is 2.55. The van der Waals surface area contributed by atoms with Crippen molar-refractivity contribution in [2.75, 3.05) is 6.61 Å². The zero-order valence-electron chi connectivity index (χ0n) is 6.15. The molecule has 0 aliphatic rings. The number of hydrogen-bond donors (Lipinski definition) is 1. The van der Waals surface area contributed by atoms with Crippen LogP contribution >= 0.6 is 0 Å². The zero-order valence-corrected chi connectivity index (χ0v) is 6.97. The van der Waals surface area contributed by atoms with Gasteiger partial charge in [-0.2, -0.15) is 8.42 Å². The first kappa shape index (κ1) is 10.2. The van der Waals surface area contributed by atoms with Crippen molar-refractivity contribution in [3.63, 3.8) is 0 Å². The molecule has 0 unspecified atom stereocenters. The summed E-state index contributed by atoms with van der Waals surface area (Å²) in [5, 5.41) is -0.447. The molecule has 0 aromatic heterocycles. The lowest BCUT2D eigenvalue weighted by molar-refractivity contribution is 0.264. The van der Waals surface area contributed by atoms with Gasteiger partial charge in [-0.15, -0.1) is 0 Å². The third-order valence-electron chi connectivity index (χ3n) is 0.833. The molecular weight excluding hydrogens is 168 g/mol. The fourth-order valence-corrected chi connectivity index (χ4v) is 0.963. The smallest absolute Gasteiger partial charge is 0.327 e. The van der Waals surface area contributed by atoms with E-state index in [0.717, 1.165) is 0 Å². The van der Waals surface area contributed by atoms with Crippen molar-refractivity contribution in [3.8, 4) is 0 Å². The van der Waals surface area contributed by atoms with Crippen LogP contribution in [0.4, 0.5) is 0 Å². The molecule has 5 heteroatoms. The van der Waals surface area contributed by atoms with Crippen LogP contribution in [0, 0.1) is 0 Å². The lowest BCUT2D eigenvalue weighted by Crippen LogP contribution is -2.05. The van der Waals surface area contributed by atoms with Crippen LogP contribution in [0.1, 0.15) is 6.92 Å². The minimum atomic E-state index is -4.20. The maximum absolute atomic E-state index is 10.4. The molecular formula is C6H10O4S. The van der Waals surface area contributed by atoms with E-state index in [2.05, 4.69) is 11.3 Å². The Labute approximate surface area is 65.9 Å². The summed E-state index contributed by atoms with van der Waals surface area (Å²) in [4.78, 5) is 0. The summed E-state index contributed by atoms with van der Waals surface area (Å²) in [6, 6.07) is 0. The number of allylic oxidation sites excluding steroid dienone is 1. The minimum Gasteiger partial charge on any atom is -0.477 e. The number of ether oxygens (including phenoxy) is 1. The van der Waals surface area contributed by atoms with E-state index in [4.69, 9.17) is 4.55 Å². The molecule has 0 rings (SSSR count). The molecule has 0 spiro atoms. The van der Waals surface area contributed by atoms with Crippen LogP contribution in [0.3, 0.4) is 0 Å². The van der Waals surface area contributed by atoms with Crippen molar-refractivity contribution in [2.45, 2.75) is 6.92 Å². The van der Waals surface area contributed by atoms with Crippen molar-refractivity contribution in [1.82, 2.24) is 0 Å². The monoisotopic (exact) mass is 178 g/mol. The largest absolute Gasteiger partial charge is 0.477 e. The van der Waals surface area contributed by atoms with Gasteiger partial charge in [-0.05, 0) is 13.0 Å². The third-order valence-corrected chi connectivity index (χ3v) is 1.70.